The summed E-state index contributed by atoms with van der Waals surface area (Å²) in [5.41, 5.74) is 0. The number of ether oxygens (including phenoxy) is 1. The first-order valence-electron chi connectivity index (χ1n) is 5.94. The van der Waals surface area contributed by atoms with E-state index in [9.17, 15) is 4.79 Å². The number of furan rings is 1. The van der Waals surface area contributed by atoms with Crippen LogP contribution in [-0.4, -0.2) is 30.1 Å². The standard InChI is InChI=1S/C13H21NO3S/c1-13(2,3)18-8-7-14-9-10-5-6-11(17-10)12(15)16-4/h5-6,14H,7-9H2,1-4H3. The molecule has 5 heteroatoms. The summed E-state index contributed by atoms with van der Waals surface area (Å²) in [5, 5.41) is 3.28. The van der Waals surface area contributed by atoms with Crippen molar-refractivity contribution in [2.45, 2.75) is 32.1 Å². The maximum absolute atomic E-state index is 11.2. The highest BCUT2D eigenvalue weighted by Gasteiger charge is 2.11. The predicted octanol–water partition coefficient (Wildman–Crippen LogP) is 2.69. The van der Waals surface area contributed by atoms with Gasteiger partial charge in [-0.3, -0.25) is 0 Å². The smallest absolute Gasteiger partial charge is 0.373 e. The molecule has 0 radical (unpaired) electrons. The maximum atomic E-state index is 11.2. The molecule has 0 aliphatic heterocycles. The van der Waals surface area contributed by atoms with Gasteiger partial charge in [0.15, 0.2) is 0 Å². The van der Waals surface area contributed by atoms with Gasteiger partial charge < -0.3 is 14.5 Å². The van der Waals surface area contributed by atoms with Crippen LogP contribution in [0.4, 0.5) is 0 Å². The van der Waals surface area contributed by atoms with E-state index in [1.54, 1.807) is 12.1 Å². The molecule has 0 aromatic carbocycles. The van der Waals surface area contributed by atoms with Crippen LogP contribution in [-0.2, 0) is 11.3 Å². The topological polar surface area (TPSA) is 51.5 Å². The van der Waals surface area contributed by atoms with Crippen LogP contribution in [0.2, 0.25) is 0 Å². The number of nitrogens with one attached hydrogen (secondary N) is 1. The Balaban J connectivity index is 2.24. The first-order valence-corrected chi connectivity index (χ1v) is 6.92. The van der Waals surface area contributed by atoms with E-state index in [2.05, 4.69) is 30.8 Å². The van der Waals surface area contributed by atoms with Crippen molar-refractivity contribution in [2.75, 3.05) is 19.4 Å². The van der Waals surface area contributed by atoms with E-state index in [4.69, 9.17) is 4.42 Å². The lowest BCUT2D eigenvalue weighted by molar-refractivity contribution is 0.0563. The molecular formula is C13H21NO3S. The molecule has 0 saturated carbocycles. The number of esters is 1. The van der Waals surface area contributed by atoms with Crippen molar-refractivity contribution in [2.24, 2.45) is 0 Å². The molecule has 0 unspecified atom stereocenters. The van der Waals surface area contributed by atoms with Gasteiger partial charge in [0.25, 0.3) is 0 Å². The van der Waals surface area contributed by atoms with Gasteiger partial charge >= 0.3 is 5.97 Å². The zero-order valence-electron chi connectivity index (χ0n) is 11.4. The van der Waals surface area contributed by atoms with Gasteiger partial charge in [-0.15, -0.1) is 0 Å². The molecule has 102 valence electrons. The van der Waals surface area contributed by atoms with Crippen LogP contribution in [0.1, 0.15) is 37.1 Å². The largest absolute Gasteiger partial charge is 0.463 e. The average Bonchev–Trinajstić information content (AvgIpc) is 2.75. The van der Waals surface area contributed by atoms with Gasteiger partial charge in [0.2, 0.25) is 5.76 Å². The fourth-order valence-corrected chi connectivity index (χ4v) is 2.18. The summed E-state index contributed by atoms with van der Waals surface area (Å²) in [6.07, 6.45) is 0. The van der Waals surface area contributed by atoms with Gasteiger partial charge in [0.05, 0.1) is 13.7 Å². The Kier molecular flexibility index (Phi) is 5.75. The Morgan fingerprint density at radius 2 is 2.17 bits per heavy atom. The van der Waals surface area contributed by atoms with Gasteiger partial charge in [-0.2, -0.15) is 11.8 Å². The number of thioether (sulfide) groups is 1. The molecule has 0 fully saturated rings. The second kappa shape index (κ2) is 6.85. The quantitative estimate of drug-likeness (QED) is 0.637. The molecule has 4 nitrogen and oxygen atoms in total. The van der Waals surface area contributed by atoms with Gasteiger partial charge in [0, 0.05) is 17.0 Å². The minimum absolute atomic E-state index is 0.248. The highest BCUT2D eigenvalue weighted by atomic mass is 32.2. The Bertz CT molecular complexity index is 382. The summed E-state index contributed by atoms with van der Waals surface area (Å²) in [4.78, 5) is 11.2. The summed E-state index contributed by atoms with van der Waals surface area (Å²) in [6.45, 7) is 8.14. The molecule has 0 aliphatic carbocycles. The number of rotatable bonds is 6. The van der Waals surface area contributed by atoms with E-state index >= 15 is 0 Å². The first-order chi connectivity index (χ1) is 8.42. The molecule has 0 saturated heterocycles. The predicted molar refractivity (Wildman–Crippen MR) is 74.0 cm³/mol. The average molecular weight is 271 g/mol. The third-order valence-electron chi connectivity index (χ3n) is 2.16. The maximum Gasteiger partial charge on any atom is 0.373 e. The number of hydrogen-bond donors (Lipinski definition) is 1. The van der Waals surface area contributed by atoms with Crippen molar-refractivity contribution in [3.05, 3.63) is 23.7 Å². The zero-order valence-corrected chi connectivity index (χ0v) is 12.2. The lowest BCUT2D eigenvalue weighted by Crippen LogP contribution is -2.19. The Morgan fingerprint density at radius 3 is 2.78 bits per heavy atom. The van der Waals surface area contributed by atoms with Crippen molar-refractivity contribution >= 4 is 17.7 Å². The van der Waals surface area contributed by atoms with Crippen LogP contribution in [0.3, 0.4) is 0 Å². The number of carbonyl (C=O) groups is 1. The van der Waals surface area contributed by atoms with Crippen LogP contribution < -0.4 is 5.32 Å². The van der Waals surface area contributed by atoms with E-state index < -0.39 is 5.97 Å². The van der Waals surface area contributed by atoms with Crippen molar-refractivity contribution in [1.29, 1.82) is 0 Å². The second-order valence-electron chi connectivity index (χ2n) is 4.90. The third kappa shape index (κ3) is 5.60. The van der Waals surface area contributed by atoms with Crippen molar-refractivity contribution in [3.63, 3.8) is 0 Å². The molecule has 1 aromatic rings. The molecule has 18 heavy (non-hydrogen) atoms. The summed E-state index contributed by atoms with van der Waals surface area (Å²) >= 11 is 1.92. The Labute approximate surface area is 112 Å². The number of carbonyl (C=O) groups excluding carboxylic acids is 1. The van der Waals surface area contributed by atoms with Gasteiger partial charge in [-0.25, -0.2) is 4.79 Å². The molecule has 0 amide bonds. The van der Waals surface area contributed by atoms with Gasteiger partial charge in [-0.05, 0) is 12.1 Å². The lowest BCUT2D eigenvalue weighted by Gasteiger charge is -2.17. The fraction of sp³-hybridized carbons (Fsp3) is 0.615. The lowest BCUT2D eigenvalue weighted by atomic mass is 10.3. The van der Waals surface area contributed by atoms with E-state index in [1.165, 1.54) is 7.11 Å². The Morgan fingerprint density at radius 1 is 1.44 bits per heavy atom. The van der Waals surface area contributed by atoms with Gasteiger partial charge in [0.1, 0.15) is 5.76 Å². The summed E-state index contributed by atoms with van der Waals surface area (Å²) in [5.74, 6) is 1.60. The molecule has 1 aromatic heterocycles. The Hall–Kier alpha value is -0.940. The highest BCUT2D eigenvalue weighted by Crippen LogP contribution is 2.22. The van der Waals surface area contributed by atoms with Gasteiger partial charge in [-0.1, -0.05) is 20.8 Å². The van der Waals surface area contributed by atoms with Crippen LogP contribution in [0.15, 0.2) is 16.5 Å². The van der Waals surface area contributed by atoms with Crippen LogP contribution in [0, 0.1) is 0 Å². The van der Waals surface area contributed by atoms with Crippen LogP contribution >= 0.6 is 11.8 Å². The van der Waals surface area contributed by atoms with E-state index in [1.807, 2.05) is 11.8 Å². The molecule has 0 atom stereocenters. The zero-order chi connectivity index (χ0) is 13.6. The second-order valence-corrected chi connectivity index (χ2v) is 6.82. The third-order valence-corrected chi connectivity index (χ3v) is 3.44. The molecular weight excluding hydrogens is 250 g/mol. The minimum Gasteiger partial charge on any atom is -0.463 e. The first kappa shape index (κ1) is 15.1. The molecule has 0 aliphatic rings. The highest BCUT2D eigenvalue weighted by molar-refractivity contribution is 8.00. The molecule has 1 N–H and O–H groups in total. The van der Waals surface area contributed by atoms with E-state index in [-0.39, 0.29) is 5.76 Å². The summed E-state index contributed by atoms with van der Waals surface area (Å²) in [7, 11) is 1.34. The summed E-state index contributed by atoms with van der Waals surface area (Å²) < 4.78 is 10.2. The van der Waals surface area contributed by atoms with E-state index in [0.29, 0.717) is 11.3 Å². The molecule has 1 rings (SSSR count). The van der Waals surface area contributed by atoms with Crippen LogP contribution in [0.5, 0.6) is 0 Å². The monoisotopic (exact) mass is 271 g/mol. The summed E-state index contributed by atoms with van der Waals surface area (Å²) in [6, 6.07) is 3.42. The number of hydrogen-bond acceptors (Lipinski definition) is 5. The van der Waals surface area contributed by atoms with Crippen molar-refractivity contribution in [1.82, 2.24) is 5.32 Å². The molecule has 0 spiro atoms. The van der Waals surface area contributed by atoms with Crippen LogP contribution in [0.25, 0.3) is 0 Å². The van der Waals surface area contributed by atoms with E-state index in [0.717, 1.165) is 18.1 Å². The molecule has 0 bridgehead atoms. The van der Waals surface area contributed by atoms with Crippen molar-refractivity contribution in [3.8, 4) is 0 Å². The SMILES string of the molecule is COC(=O)c1ccc(CNCCSC(C)(C)C)o1. The normalized spacial score (nSPS) is 11.6. The van der Waals surface area contributed by atoms with Crippen molar-refractivity contribution < 1.29 is 13.9 Å². The fourth-order valence-electron chi connectivity index (χ4n) is 1.32. The minimum atomic E-state index is -0.440. The molecule has 1 heterocycles. The number of methoxy groups -OCH3 is 1.